The van der Waals surface area contributed by atoms with Crippen molar-refractivity contribution in [2.24, 2.45) is 0 Å². The average molecular weight is 297 g/mol. The minimum absolute atomic E-state index is 0.283. The largest absolute Gasteiger partial charge is 0.444 e. The van der Waals surface area contributed by atoms with Crippen LogP contribution in [0.1, 0.15) is 38.6 Å². The van der Waals surface area contributed by atoms with Gasteiger partial charge in [-0.25, -0.2) is 4.79 Å². The average Bonchev–Trinajstić information content (AvgIpc) is 2.84. The smallest absolute Gasteiger partial charge is 0.407 e. The minimum atomic E-state index is -0.459. The van der Waals surface area contributed by atoms with Crippen LogP contribution in [0, 0.1) is 0 Å². The van der Waals surface area contributed by atoms with Crippen LogP contribution < -0.4 is 10.6 Å². The van der Waals surface area contributed by atoms with Crippen molar-refractivity contribution >= 4 is 17.4 Å². The molecule has 2 N–H and O–H groups in total. The molecule has 0 radical (unpaired) electrons. The van der Waals surface area contributed by atoms with E-state index < -0.39 is 11.7 Å². The molecular weight excluding hydrogens is 274 g/mol. The molecule has 0 aliphatic heterocycles. The van der Waals surface area contributed by atoms with Gasteiger partial charge in [0.15, 0.2) is 0 Å². The Hall–Kier alpha value is -1.40. The predicted molar refractivity (Wildman–Crippen MR) is 81.9 cm³/mol. The summed E-state index contributed by atoms with van der Waals surface area (Å²) in [5.41, 5.74) is 1.37. The van der Waals surface area contributed by atoms with E-state index in [4.69, 9.17) is 4.74 Å². The lowest BCUT2D eigenvalue weighted by molar-refractivity contribution is 0.0534. The molecule has 0 bridgehead atoms. The van der Waals surface area contributed by atoms with E-state index >= 15 is 0 Å². The monoisotopic (exact) mass is 297 g/mol. The summed E-state index contributed by atoms with van der Waals surface area (Å²) < 4.78 is 5.13. The second-order valence-corrected chi connectivity index (χ2v) is 6.31. The zero-order valence-electron chi connectivity index (χ0n) is 12.5. The highest BCUT2D eigenvalue weighted by Gasteiger charge is 2.14. The second kappa shape index (κ2) is 8.01. The Morgan fingerprint density at radius 1 is 1.45 bits per heavy atom. The fourth-order valence-corrected chi connectivity index (χ4v) is 2.06. The first-order valence-electron chi connectivity index (χ1n) is 6.62. The van der Waals surface area contributed by atoms with Crippen molar-refractivity contribution < 1.29 is 9.53 Å². The summed E-state index contributed by atoms with van der Waals surface area (Å²) in [7, 11) is 0. The van der Waals surface area contributed by atoms with Crippen LogP contribution in [0.4, 0.5) is 4.79 Å². The van der Waals surface area contributed by atoms with Crippen LogP contribution >= 0.6 is 11.3 Å². The minimum Gasteiger partial charge on any atom is -0.444 e. The van der Waals surface area contributed by atoms with Gasteiger partial charge >= 0.3 is 6.09 Å². The summed E-state index contributed by atoms with van der Waals surface area (Å²) in [6.07, 6.45) is 5.36. The molecule has 0 aliphatic carbocycles. The summed E-state index contributed by atoms with van der Waals surface area (Å²) in [6.45, 7) is 8.83. The quantitative estimate of drug-likeness (QED) is 0.793. The number of thiazole rings is 1. The third-order valence-corrected chi connectivity index (χ3v) is 3.31. The molecule has 5 nitrogen and oxygen atoms in total. The van der Waals surface area contributed by atoms with E-state index in [0.717, 1.165) is 6.54 Å². The molecule has 0 spiro atoms. The lowest BCUT2D eigenvalue weighted by atomic mass is 10.2. The molecule has 1 aromatic heterocycles. The standard InChI is InChI=1S/C14H23N3O2S/c1-11(12-9-15-10-20-12)16-7-5-6-8-17-13(18)19-14(2,3)4/h5-6,9-11,16H,7-8H2,1-4H3,(H,17,18)/b6-5+. The van der Waals surface area contributed by atoms with E-state index in [1.54, 1.807) is 11.3 Å². The zero-order chi connectivity index (χ0) is 15.0. The molecule has 0 fully saturated rings. The van der Waals surface area contributed by atoms with E-state index in [1.807, 2.05) is 44.6 Å². The molecule has 1 amide bonds. The first-order valence-corrected chi connectivity index (χ1v) is 7.50. The van der Waals surface area contributed by atoms with Crippen LogP contribution in [-0.2, 0) is 4.74 Å². The summed E-state index contributed by atoms with van der Waals surface area (Å²) in [6, 6.07) is 0.283. The molecule has 1 unspecified atom stereocenters. The van der Waals surface area contributed by atoms with Gasteiger partial charge in [-0.05, 0) is 27.7 Å². The Bertz CT molecular complexity index is 424. The van der Waals surface area contributed by atoms with Crippen LogP contribution in [0.2, 0.25) is 0 Å². The summed E-state index contributed by atoms with van der Waals surface area (Å²) in [4.78, 5) is 16.6. The maximum atomic E-state index is 11.4. The van der Waals surface area contributed by atoms with Crippen molar-refractivity contribution in [3.63, 3.8) is 0 Å². The first-order chi connectivity index (χ1) is 9.38. The maximum Gasteiger partial charge on any atom is 0.407 e. The number of hydrogen-bond donors (Lipinski definition) is 2. The van der Waals surface area contributed by atoms with Crippen molar-refractivity contribution in [3.8, 4) is 0 Å². The summed E-state index contributed by atoms with van der Waals surface area (Å²) >= 11 is 1.64. The van der Waals surface area contributed by atoms with Gasteiger partial charge in [-0.3, -0.25) is 4.98 Å². The molecule has 1 rings (SSSR count). The zero-order valence-corrected chi connectivity index (χ0v) is 13.3. The molecule has 6 heteroatoms. The van der Waals surface area contributed by atoms with Gasteiger partial charge in [-0.1, -0.05) is 12.2 Å². The fraction of sp³-hybridized carbons (Fsp3) is 0.571. The van der Waals surface area contributed by atoms with Crippen LogP contribution in [0.25, 0.3) is 0 Å². The Balaban J connectivity index is 2.12. The van der Waals surface area contributed by atoms with Crippen LogP contribution in [0.5, 0.6) is 0 Å². The number of carbonyl (C=O) groups is 1. The Morgan fingerprint density at radius 2 is 2.15 bits per heavy atom. The van der Waals surface area contributed by atoms with E-state index in [0.29, 0.717) is 6.54 Å². The number of nitrogens with zero attached hydrogens (tertiary/aromatic N) is 1. The number of aromatic nitrogens is 1. The van der Waals surface area contributed by atoms with Gasteiger partial charge in [0.1, 0.15) is 5.60 Å². The number of ether oxygens (including phenoxy) is 1. The highest BCUT2D eigenvalue weighted by Crippen LogP contribution is 2.15. The SMILES string of the molecule is CC(NC/C=C/CNC(=O)OC(C)(C)C)c1cncs1. The molecule has 112 valence electrons. The Morgan fingerprint density at radius 3 is 2.75 bits per heavy atom. The topological polar surface area (TPSA) is 63.2 Å². The Labute approximate surface area is 124 Å². The molecule has 1 atom stereocenters. The predicted octanol–water partition coefficient (Wildman–Crippen LogP) is 2.87. The second-order valence-electron chi connectivity index (χ2n) is 5.39. The summed E-state index contributed by atoms with van der Waals surface area (Å²) in [5, 5.41) is 6.02. The van der Waals surface area contributed by atoms with E-state index in [2.05, 4.69) is 22.5 Å². The van der Waals surface area contributed by atoms with Crippen LogP contribution in [0.15, 0.2) is 23.9 Å². The van der Waals surface area contributed by atoms with Crippen molar-refractivity contribution in [2.45, 2.75) is 39.3 Å². The molecule has 1 aromatic rings. The Kier molecular flexibility index (Phi) is 6.67. The van der Waals surface area contributed by atoms with Gasteiger partial charge in [-0.15, -0.1) is 11.3 Å². The lowest BCUT2D eigenvalue weighted by Gasteiger charge is -2.19. The van der Waals surface area contributed by atoms with E-state index in [9.17, 15) is 4.79 Å². The molecule has 1 heterocycles. The molecular formula is C14H23N3O2S. The molecule has 0 aromatic carbocycles. The highest BCUT2D eigenvalue weighted by atomic mass is 32.1. The molecule has 0 saturated heterocycles. The van der Waals surface area contributed by atoms with Crippen molar-refractivity contribution in [1.82, 2.24) is 15.6 Å². The fourth-order valence-electron chi connectivity index (χ4n) is 1.41. The lowest BCUT2D eigenvalue weighted by Crippen LogP contribution is -2.32. The van der Waals surface area contributed by atoms with Crippen molar-refractivity contribution in [2.75, 3.05) is 13.1 Å². The van der Waals surface area contributed by atoms with Crippen molar-refractivity contribution in [3.05, 3.63) is 28.7 Å². The number of nitrogens with one attached hydrogen (secondary N) is 2. The van der Waals surface area contributed by atoms with Gasteiger partial charge in [0, 0.05) is 30.2 Å². The number of hydrogen-bond acceptors (Lipinski definition) is 5. The highest BCUT2D eigenvalue weighted by molar-refractivity contribution is 7.09. The molecule has 0 aliphatic rings. The molecule has 0 saturated carbocycles. The van der Waals surface area contributed by atoms with E-state index in [-0.39, 0.29) is 6.04 Å². The third-order valence-electron chi connectivity index (χ3n) is 2.35. The number of alkyl carbamates (subject to hydrolysis) is 1. The van der Waals surface area contributed by atoms with Gasteiger partial charge < -0.3 is 15.4 Å². The number of rotatable bonds is 6. The van der Waals surface area contributed by atoms with Gasteiger partial charge in [-0.2, -0.15) is 0 Å². The number of amides is 1. The summed E-state index contributed by atoms with van der Waals surface area (Å²) in [5.74, 6) is 0. The third kappa shape index (κ3) is 7.25. The van der Waals surface area contributed by atoms with Crippen LogP contribution in [0.3, 0.4) is 0 Å². The van der Waals surface area contributed by atoms with Crippen LogP contribution in [-0.4, -0.2) is 29.8 Å². The van der Waals surface area contributed by atoms with Gasteiger partial charge in [0.2, 0.25) is 0 Å². The normalized spacial score (nSPS) is 13.4. The number of carbonyl (C=O) groups excluding carboxylic acids is 1. The van der Waals surface area contributed by atoms with Crippen molar-refractivity contribution in [1.29, 1.82) is 0 Å². The van der Waals surface area contributed by atoms with Gasteiger partial charge in [0.05, 0.1) is 5.51 Å². The first kappa shape index (κ1) is 16.7. The van der Waals surface area contributed by atoms with Gasteiger partial charge in [0.25, 0.3) is 0 Å². The van der Waals surface area contributed by atoms with E-state index in [1.165, 1.54) is 4.88 Å². The molecule has 20 heavy (non-hydrogen) atoms. The maximum absolute atomic E-state index is 11.4.